The van der Waals surface area contributed by atoms with Crippen LogP contribution in [0.15, 0.2) is 30.3 Å². The zero-order valence-electron chi connectivity index (χ0n) is 21.9. The molecule has 3 atom stereocenters. The number of likely N-dealkylation sites (tertiary alicyclic amines) is 1. The van der Waals surface area contributed by atoms with Crippen LogP contribution in [0.25, 0.3) is 0 Å². The van der Waals surface area contributed by atoms with E-state index in [9.17, 15) is 4.79 Å². The fraction of sp³-hybridized carbons (Fsp3) is 0.767. The first-order valence-corrected chi connectivity index (χ1v) is 14.2. The van der Waals surface area contributed by atoms with Crippen LogP contribution < -0.4 is 0 Å². The maximum absolute atomic E-state index is 13.4. The molecular weight excluding hydrogens is 422 g/mol. The van der Waals surface area contributed by atoms with Crippen molar-refractivity contribution in [3.63, 3.8) is 0 Å². The topological polar surface area (TPSA) is 38.8 Å². The van der Waals surface area contributed by atoms with E-state index in [0.717, 1.165) is 57.9 Å². The van der Waals surface area contributed by atoms with E-state index in [1.807, 2.05) is 6.92 Å². The average molecular weight is 472 g/mol. The van der Waals surface area contributed by atoms with E-state index in [1.54, 1.807) is 0 Å². The van der Waals surface area contributed by atoms with Crippen LogP contribution in [0.1, 0.15) is 103 Å². The van der Waals surface area contributed by atoms with Crippen molar-refractivity contribution >= 4 is 5.91 Å². The van der Waals surface area contributed by atoms with Crippen molar-refractivity contribution in [2.75, 3.05) is 32.9 Å². The Labute approximate surface area is 208 Å². The average Bonchev–Trinajstić information content (AvgIpc) is 2.87. The normalized spacial score (nSPS) is 21.4. The minimum absolute atomic E-state index is 0.0482. The van der Waals surface area contributed by atoms with Gasteiger partial charge in [0.2, 0.25) is 5.91 Å². The smallest absolute Gasteiger partial charge is 0.222 e. The maximum Gasteiger partial charge on any atom is 0.222 e. The molecule has 4 heteroatoms. The number of hydrogen-bond donors (Lipinski definition) is 0. The van der Waals surface area contributed by atoms with Gasteiger partial charge in [-0.05, 0) is 50.0 Å². The number of rotatable bonds is 14. The van der Waals surface area contributed by atoms with Crippen molar-refractivity contribution in [2.45, 2.75) is 97.0 Å². The number of carbonyl (C=O) groups is 1. The Balaban J connectivity index is 1.58. The lowest BCUT2D eigenvalue weighted by molar-refractivity contribution is -0.135. The molecule has 1 aliphatic heterocycles. The minimum Gasteiger partial charge on any atom is -0.382 e. The number of hydrogen-bond acceptors (Lipinski definition) is 3. The Bertz CT molecular complexity index is 673. The van der Waals surface area contributed by atoms with Crippen molar-refractivity contribution in [2.24, 2.45) is 17.8 Å². The number of piperidine rings is 1. The summed E-state index contributed by atoms with van der Waals surface area (Å²) >= 11 is 0. The highest BCUT2D eigenvalue weighted by atomic mass is 16.5. The summed E-state index contributed by atoms with van der Waals surface area (Å²) in [6.07, 6.45) is 14.4. The second-order valence-corrected chi connectivity index (χ2v) is 10.6. The summed E-state index contributed by atoms with van der Waals surface area (Å²) in [6.45, 7) is 8.22. The fourth-order valence-electron chi connectivity index (χ4n) is 6.13. The molecule has 1 aromatic carbocycles. The van der Waals surface area contributed by atoms with Gasteiger partial charge in [0.05, 0.1) is 6.10 Å². The molecule has 1 heterocycles. The molecule has 0 radical (unpaired) electrons. The molecule has 1 saturated heterocycles. The molecule has 1 amide bonds. The zero-order valence-corrected chi connectivity index (χ0v) is 21.9. The molecule has 3 rings (SSSR count). The number of carbonyl (C=O) groups excluding carboxylic acids is 1. The molecule has 34 heavy (non-hydrogen) atoms. The van der Waals surface area contributed by atoms with Crippen LogP contribution in [0.3, 0.4) is 0 Å². The van der Waals surface area contributed by atoms with Crippen molar-refractivity contribution in [3.8, 4) is 0 Å². The lowest BCUT2D eigenvalue weighted by atomic mass is 9.80. The summed E-state index contributed by atoms with van der Waals surface area (Å²) in [5.41, 5.74) is 1.24. The summed E-state index contributed by atoms with van der Waals surface area (Å²) < 4.78 is 11.9. The largest absolute Gasteiger partial charge is 0.382 e. The summed E-state index contributed by atoms with van der Waals surface area (Å²) in [5.74, 6) is 2.14. The summed E-state index contributed by atoms with van der Waals surface area (Å²) in [7, 11) is 0. The van der Waals surface area contributed by atoms with E-state index in [-0.39, 0.29) is 6.10 Å². The van der Waals surface area contributed by atoms with E-state index in [4.69, 9.17) is 9.47 Å². The third-order valence-electron chi connectivity index (χ3n) is 7.85. The van der Waals surface area contributed by atoms with Gasteiger partial charge in [-0.15, -0.1) is 0 Å². The van der Waals surface area contributed by atoms with Gasteiger partial charge in [-0.1, -0.05) is 82.2 Å². The van der Waals surface area contributed by atoms with E-state index in [2.05, 4.69) is 42.2 Å². The summed E-state index contributed by atoms with van der Waals surface area (Å²) in [4.78, 5) is 15.6. The standard InChI is InChI=1S/C30H49NO3/c1-3-13-26(22-25-14-7-5-8-15-25)23-29(32)31-19-11-18-28(24-31)30(27-16-9-6-10-17-27)34-21-12-20-33-4-2/h6,9-10,16-17,25-26,28,30H,3-5,7-8,11-15,18-24H2,1-2H3/t26-,28-,30+/m1/s1. The highest BCUT2D eigenvalue weighted by Gasteiger charge is 2.32. The first-order chi connectivity index (χ1) is 16.7. The van der Waals surface area contributed by atoms with Crippen LogP contribution >= 0.6 is 0 Å². The van der Waals surface area contributed by atoms with Crippen molar-refractivity contribution in [1.29, 1.82) is 0 Å². The van der Waals surface area contributed by atoms with Gasteiger partial charge >= 0.3 is 0 Å². The monoisotopic (exact) mass is 471 g/mol. The van der Waals surface area contributed by atoms with Crippen molar-refractivity contribution in [3.05, 3.63) is 35.9 Å². The Hall–Kier alpha value is -1.39. The molecule has 2 aliphatic rings. The number of benzene rings is 1. The quantitative estimate of drug-likeness (QED) is 0.270. The molecule has 4 nitrogen and oxygen atoms in total. The van der Waals surface area contributed by atoms with Crippen LogP contribution in [-0.2, 0) is 14.3 Å². The SMILES string of the molecule is CCC[C@@H](CC(=O)N1CCC[C@@H]([C@@H](OCCCOCC)c2ccccc2)C1)CC1CCCCC1. The third-order valence-corrected chi connectivity index (χ3v) is 7.85. The Kier molecular flexibility index (Phi) is 12.5. The van der Waals surface area contributed by atoms with Crippen LogP contribution in [-0.4, -0.2) is 43.7 Å². The molecule has 0 bridgehead atoms. The first-order valence-electron chi connectivity index (χ1n) is 14.2. The molecule has 0 unspecified atom stereocenters. The van der Waals surface area contributed by atoms with Crippen molar-refractivity contribution in [1.82, 2.24) is 4.90 Å². The van der Waals surface area contributed by atoms with Crippen LogP contribution in [0.4, 0.5) is 0 Å². The van der Waals surface area contributed by atoms with Gasteiger partial charge in [-0.25, -0.2) is 0 Å². The first kappa shape index (κ1) is 27.2. The molecule has 1 aliphatic carbocycles. The highest BCUT2D eigenvalue weighted by molar-refractivity contribution is 5.76. The van der Waals surface area contributed by atoms with Crippen LogP contribution in [0.5, 0.6) is 0 Å². The second-order valence-electron chi connectivity index (χ2n) is 10.6. The molecule has 2 fully saturated rings. The molecular formula is C30H49NO3. The van der Waals surface area contributed by atoms with Gasteiger partial charge in [0.15, 0.2) is 0 Å². The van der Waals surface area contributed by atoms with E-state index < -0.39 is 0 Å². The minimum atomic E-state index is 0.0482. The molecule has 0 N–H and O–H groups in total. The third kappa shape index (κ3) is 9.00. The van der Waals surface area contributed by atoms with Crippen LogP contribution in [0, 0.1) is 17.8 Å². The Morgan fingerprint density at radius 3 is 2.56 bits per heavy atom. The highest BCUT2D eigenvalue weighted by Crippen LogP contribution is 2.35. The predicted octanol–water partition coefficient (Wildman–Crippen LogP) is 7.19. The van der Waals surface area contributed by atoms with Crippen molar-refractivity contribution < 1.29 is 14.3 Å². The lowest BCUT2D eigenvalue weighted by Gasteiger charge is -2.38. The van der Waals surface area contributed by atoms with Crippen LogP contribution in [0.2, 0.25) is 0 Å². The van der Waals surface area contributed by atoms with Gasteiger partial charge in [-0.2, -0.15) is 0 Å². The van der Waals surface area contributed by atoms with Gasteiger partial charge in [0, 0.05) is 45.2 Å². The zero-order chi connectivity index (χ0) is 24.0. The lowest BCUT2D eigenvalue weighted by Crippen LogP contribution is -2.42. The number of nitrogens with zero attached hydrogens (tertiary/aromatic N) is 1. The van der Waals surface area contributed by atoms with Gasteiger partial charge in [0.1, 0.15) is 0 Å². The molecule has 192 valence electrons. The Morgan fingerprint density at radius 1 is 1.03 bits per heavy atom. The summed E-state index contributed by atoms with van der Waals surface area (Å²) in [5, 5.41) is 0. The number of ether oxygens (including phenoxy) is 2. The second kappa shape index (κ2) is 15.6. The Morgan fingerprint density at radius 2 is 1.82 bits per heavy atom. The van der Waals surface area contributed by atoms with Gasteiger partial charge < -0.3 is 14.4 Å². The van der Waals surface area contributed by atoms with E-state index >= 15 is 0 Å². The molecule has 1 aromatic rings. The van der Waals surface area contributed by atoms with E-state index in [1.165, 1.54) is 56.9 Å². The summed E-state index contributed by atoms with van der Waals surface area (Å²) in [6, 6.07) is 10.6. The fourth-order valence-corrected chi connectivity index (χ4v) is 6.13. The predicted molar refractivity (Wildman–Crippen MR) is 140 cm³/mol. The maximum atomic E-state index is 13.4. The molecule has 0 aromatic heterocycles. The van der Waals surface area contributed by atoms with E-state index in [0.29, 0.717) is 24.3 Å². The number of amides is 1. The molecule has 1 saturated carbocycles. The molecule has 0 spiro atoms. The van der Waals surface area contributed by atoms with Gasteiger partial charge in [-0.3, -0.25) is 4.79 Å². The van der Waals surface area contributed by atoms with Gasteiger partial charge in [0.25, 0.3) is 0 Å².